The SMILES string of the molecule is Cc1ccccc1CCC(=O)c1ccc2c(c1)OCCO2. The van der Waals surface area contributed by atoms with E-state index in [0.717, 1.165) is 12.2 Å². The zero-order chi connectivity index (χ0) is 14.7. The van der Waals surface area contributed by atoms with Crippen LogP contribution in [-0.2, 0) is 6.42 Å². The van der Waals surface area contributed by atoms with Crippen LogP contribution in [0.3, 0.4) is 0 Å². The molecule has 3 heteroatoms. The fourth-order valence-corrected chi connectivity index (χ4v) is 2.50. The van der Waals surface area contributed by atoms with Crippen molar-refractivity contribution in [2.75, 3.05) is 13.2 Å². The van der Waals surface area contributed by atoms with Crippen molar-refractivity contribution in [2.24, 2.45) is 0 Å². The number of ketones is 1. The molecular weight excluding hydrogens is 264 g/mol. The van der Waals surface area contributed by atoms with Crippen LogP contribution in [0.2, 0.25) is 0 Å². The van der Waals surface area contributed by atoms with Crippen LogP contribution in [0.5, 0.6) is 11.5 Å². The largest absolute Gasteiger partial charge is 0.486 e. The second kappa shape index (κ2) is 6.00. The first-order valence-electron chi connectivity index (χ1n) is 7.21. The fraction of sp³-hybridized carbons (Fsp3) is 0.278. The Bertz CT molecular complexity index is 661. The Balaban J connectivity index is 1.69. The molecule has 0 N–H and O–H groups in total. The third kappa shape index (κ3) is 3.07. The van der Waals surface area contributed by atoms with Gasteiger partial charge < -0.3 is 9.47 Å². The Morgan fingerprint density at radius 1 is 1.05 bits per heavy atom. The minimum Gasteiger partial charge on any atom is -0.486 e. The lowest BCUT2D eigenvalue weighted by Gasteiger charge is -2.18. The van der Waals surface area contributed by atoms with E-state index in [1.165, 1.54) is 11.1 Å². The highest BCUT2D eigenvalue weighted by Crippen LogP contribution is 2.31. The molecule has 3 nitrogen and oxygen atoms in total. The van der Waals surface area contributed by atoms with Crippen LogP contribution in [0.25, 0.3) is 0 Å². The number of Topliss-reactive ketones (excluding diaryl/α,β-unsaturated/α-hetero) is 1. The van der Waals surface area contributed by atoms with E-state index < -0.39 is 0 Å². The molecule has 1 heterocycles. The van der Waals surface area contributed by atoms with E-state index in [9.17, 15) is 4.79 Å². The van der Waals surface area contributed by atoms with E-state index in [2.05, 4.69) is 19.1 Å². The molecule has 2 aromatic carbocycles. The summed E-state index contributed by atoms with van der Waals surface area (Å²) < 4.78 is 11.0. The second-order valence-corrected chi connectivity index (χ2v) is 5.21. The summed E-state index contributed by atoms with van der Waals surface area (Å²) in [5, 5.41) is 0. The fourth-order valence-electron chi connectivity index (χ4n) is 2.50. The van der Waals surface area contributed by atoms with Crippen molar-refractivity contribution in [3.05, 3.63) is 59.2 Å². The van der Waals surface area contributed by atoms with Crippen LogP contribution in [0.1, 0.15) is 27.9 Å². The van der Waals surface area contributed by atoms with Gasteiger partial charge in [0.1, 0.15) is 13.2 Å². The van der Waals surface area contributed by atoms with Gasteiger partial charge in [-0.1, -0.05) is 24.3 Å². The van der Waals surface area contributed by atoms with Crippen molar-refractivity contribution < 1.29 is 14.3 Å². The molecule has 0 unspecified atom stereocenters. The van der Waals surface area contributed by atoms with Gasteiger partial charge in [0, 0.05) is 12.0 Å². The lowest BCUT2D eigenvalue weighted by atomic mass is 9.99. The highest BCUT2D eigenvalue weighted by Gasteiger charge is 2.15. The summed E-state index contributed by atoms with van der Waals surface area (Å²) in [5.74, 6) is 1.52. The number of benzene rings is 2. The number of ether oxygens (including phenoxy) is 2. The molecule has 1 aliphatic heterocycles. The first-order chi connectivity index (χ1) is 10.2. The molecular formula is C18H18O3. The third-order valence-electron chi connectivity index (χ3n) is 3.75. The molecule has 0 spiro atoms. The lowest BCUT2D eigenvalue weighted by Crippen LogP contribution is -2.15. The number of fused-ring (bicyclic) bond motifs is 1. The summed E-state index contributed by atoms with van der Waals surface area (Å²) in [7, 11) is 0. The van der Waals surface area contributed by atoms with Crippen molar-refractivity contribution >= 4 is 5.78 Å². The van der Waals surface area contributed by atoms with Crippen LogP contribution in [-0.4, -0.2) is 19.0 Å². The van der Waals surface area contributed by atoms with Gasteiger partial charge in [0.15, 0.2) is 17.3 Å². The smallest absolute Gasteiger partial charge is 0.163 e. The van der Waals surface area contributed by atoms with Gasteiger partial charge in [0.25, 0.3) is 0 Å². The molecule has 0 radical (unpaired) electrons. The van der Waals surface area contributed by atoms with Crippen molar-refractivity contribution in [3.8, 4) is 11.5 Å². The number of aryl methyl sites for hydroxylation is 2. The van der Waals surface area contributed by atoms with Gasteiger partial charge in [-0.3, -0.25) is 4.79 Å². The number of carbonyl (C=O) groups is 1. The van der Waals surface area contributed by atoms with Gasteiger partial charge in [-0.2, -0.15) is 0 Å². The number of rotatable bonds is 4. The minimum absolute atomic E-state index is 0.134. The lowest BCUT2D eigenvalue weighted by molar-refractivity contribution is 0.0981. The van der Waals surface area contributed by atoms with Crippen LogP contribution >= 0.6 is 0 Å². The maximum Gasteiger partial charge on any atom is 0.163 e. The maximum atomic E-state index is 12.3. The average molecular weight is 282 g/mol. The standard InChI is InChI=1S/C18H18O3/c1-13-4-2-3-5-14(13)6-8-16(19)15-7-9-17-18(12-15)21-11-10-20-17/h2-5,7,9,12H,6,8,10-11H2,1H3. The number of hydrogen-bond acceptors (Lipinski definition) is 3. The molecule has 0 fully saturated rings. The summed E-state index contributed by atoms with van der Waals surface area (Å²) >= 11 is 0. The molecule has 3 rings (SSSR count). The molecule has 0 saturated heterocycles. The van der Waals surface area contributed by atoms with E-state index in [1.54, 1.807) is 6.07 Å². The van der Waals surface area contributed by atoms with Gasteiger partial charge in [0.2, 0.25) is 0 Å². The molecule has 108 valence electrons. The molecule has 21 heavy (non-hydrogen) atoms. The highest BCUT2D eigenvalue weighted by atomic mass is 16.6. The van der Waals surface area contributed by atoms with E-state index in [4.69, 9.17) is 9.47 Å². The Morgan fingerprint density at radius 3 is 2.62 bits per heavy atom. The van der Waals surface area contributed by atoms with Gasteiger partial charge in [-0.15, -0.1) is 0 Å². The Kier molecular flexibility index (Phi) is 3.91. The van der Waals surface area contributed by atoms with Crippen LogP contribution in [0.15, 0.2) is 42.5 Å². The highest BCUT2D eigenvalue weighted by molar-refractivity contribution is 5.96. The van der Waals surface area contributed by atoms with Crippen LogP contribution in [0, 0.1) is 6.92 Å². The van der Waals surface area contributed by atoms with Crippen molar-refractivity contribution in [1.82, 2.24) is 0 Å². The summed E-state index contributed by atoms with van der Waals surface area (Å²) in [6.07, 6.45) is 1.27. The summed E-state index contributed by atoms with van der Waals surface area (Å²) in [6.45, 7) is 3.17. The molecule has 0 amide bonds. The normalized spacial score (nSPS) is 13.0. The van der Waals surface area contributed by atoms with Gasteiger partial charge in [-0.05, 0) is 42.7 Å². The monoisotopic (exact) mass is 282 g/mol. The third-order valence-corrected chi connectivity index (χ3v) is 3.75. The second-order valence-electron chi connectivity index (χ2n) is 5.21. The molecule has 0 aliphatic carbocycles. The first-order valence-corrected chi connectivity index (χ1v) is 7.21. The number of hydrogen-bond donors (Lipinski definition) is 0. The zero-order valence-electron chi connectivity index (χ0n) is 12.1. The Labute approximate surface area is 124 Å². The van der Waals surface area contributed by atoms with Gasteiger partial charge in [-0.25, -0.2) is 0 Å². The molecule has 0 atom stereocenters. The summed E-state index contributed by atoms with van der Waals surface area (Å²) in [4.78, 5) is 12.3. The van der Waals surface area contributed by atoms with E-state index in [-0.39, 0.29) is 5.78 Å². The van der Waals surface area contributed by atoms with E-state index >= 15 is 0 Å². The molecule has 0 bridgehead atoms. The number of carbonyl (C=O) groups excluding carboxylic acids is 1. The van der Waals surface area contributed by atoms with Crippen LogP contribution in [0.4, 0.5) is 0 Å². The zero-order valence-corrected chi connectivity index (χ0v) is 12.1. The van der Waals surface area contributed by atoms with Crippen LogP contribution < -0.4 is 9.47 Å². The van der Waals surface area contributed by atoms with Crippen molar-refractivity contribution in [3.63, 3.8) is 0 Å². The topological polar surface area (TPSA) is 35.5 Å². The molecule has 1 aliphatic rings. The molecule has 2 aromatic rings. The van der Waals surface area contributed by atoms with Crippen molar-refractivity contribution in [2.45, 2.75) is 19.8 Å². The van der Waals surface area contributed by atoms with Gasteiger partial charge >= 0.3 is 0 Å². The summed E-state index contributed by atoms with van der Waals surface area (Å²) in [5.41, 5.74) is 3.14. The first kappa shape index (κ1) is 13.7. The predicted octanol–water partition coefficient (Wildman–Crippen LogP) is 3.58. The summed E-state index contributed by atoms with van der Waals surface area (Å²) in [6, 6.07) is 13.6. The van der Waals surface area contributed by atoms with E-state index in [1.807, 2.05) is 24.3 Å². The van der Waals surface area contributed by atoms with E-state index in [0.29, 0.717) is 30.9 Å². The van der Waals surface area contributed by atoms with Crippen molar-refractivity contribution in [1.29, 1.82) is 0 Å². The molecule has 0 aromatic heterocycles. The predicted molar refractivity (Wildman–Crippen MR) is 81.3 cm³/mol. The average Bonchev–Trinajstić information content (AvgIpc) is 2.53. The van der Waals surface area contributed by atoms with Gasteiger partial charge in [0.05, 0.1) is 0 Å². The molecule has 0 saturated carbocycles. The quantitative estimate of drug-likeness (QED) is 0.804. The minimum atomic E-state index is 0.134. The maximum absolute atomic E-state index is 12.3. The Hall–Kier alpha value is -2.29. The Morgan fingerprint density at radius 2 is 1.81 bits per heavy atom.